The van der Waals surface area contributed by atoms with Crippen LogP contribution in [0.2, 0.25) is 0 Å². The molecular formula is C12H17FO. The summed E-state index contributed by atoms with van der Waals surface area (Å²) in [5.74, 6) is 0. The topological polar surface area (TPSA) is 17.1 Å². The molecule has 14 heavy (non-hydrogen) atoms. The van der Waals surface area contributed by atoms with Crippen LogP contribution in [0.1, 0.15) is 23.1 Å². The summed E-state index contributed by atoms with van der Waals surface area (Å²) in [6.45, 7) is 4.16. The van der Waals surface area contributed by atoms with E-state index in [1.54, 1.807) is 0 Å². The van der Waals surface area contributed by atoms with E-state index in [2.05, 4.69) is 32.0 Å². The molecule has 0 bridgehead atoms. The summed E-state index contributed by atoms with van der Waals surface area (Å²) in [6.07, 6.45) is 2.46. The first kappa shape index (κ1) is 12.8. The Bertz CT molecular complexity index is 261. The van der Waals surface area contributed by atoms with Crippen molar-refractivity contribution < 1.29 is 9.18 Å². The molecule has 0 fully saturated rings. The van der Waals surface area contributed by atoms with Crippen LogP contribution in [0.5, 0.6) is 0 Å². The third kappa shape index (κ3) is 4.75. The molecule has 0 N–H and O–H groups in total. The number of benzene rings is 1. The fraction of sp³-hybridized carbons (Fsp3) is 0.417. The number of hydrogen-bond donors (Lipinski definition) is 0. The van der Waals surface area contributed by atoms with Crippen molar-refractivity contribution in [2.24, 2.45) is 0 Å². The van der Waals surface area contributed by atoms with Crippen molar-refractivity contribution in [1.29, 1.82) is 0 Å². The molecule has 0 aliphatic carbocycles. The van der Waals surface area contributed by atoms with Crippen LogP contribution in [-0.2, 0) is 11.2 Å². The van der Waals surface area contributed by atoms with Crippen molar-refractivity contribution in [3.05, 3.63) is 34.9 Å². The first-order valence-corrected chi connectivity index (χ1v) is 4.61. The summed E-state index contributed by atoms with van der Waals surface area (Å²) < 4.78 is 9.50. The zero-order valence-corrected chi connectivity index (χ0v) is 9.01. The highest BCUT2D eigenvalue weighted by Gasteiger charge is 1.94. The molecule has 0 saturated heterocycles. The van der Waals surface area contributed by atoms with Gasteiger partial charge in [-0.15, -0.1) is 0 Å². The van der Waals surface area contributed by atoms with E-state index in [4.69, 9.17) is 0 Å². The molecule has 0 aliphatic rings. The Morgan fingerprint density at radius 2 is 1.64 bits per heavy atom. The molecule has 1 aromatic carbocycles. The molecule has 78 valence electrons. The van der Waals surface area contributed by atoms with E-state index in [0.29, 0.717) is 13.6 Å². The maximum absolute atomic E-state index is 10.1. The smallest absolute Gasteiger partial charge is 0.120 e. The van der Waals surface area contributed by atoms with E-state index >= 15 is 0 Å². The molecule has 0 unspecified atom stereocenters. The number of carbonyl (C=O) groups excluding carboxylic acids is 1. The molecule has 1 rings (SSSR count). The summed E-state index contributed by atoms with van der Waals surface area (Å²) in [5, 5.41) is 0. The van der Waals surface area contributed by atoms with Gasteiger partial charge in [0.15, 0.2) is 0 Å². The Labute approximate surface area is 85.0 Å². The molecule has 0 spiro atoms. The Morgan fingerprint density at radius 3 is 2.07 bits per heavy atom. The van der Waals surface area contributed by atoms with Crippen LogP contribution in [0.25, 0.3) is 0 Å². The molecule has 2 heteroatoms. The zero-order chi connectivity index (χ0) is 11.0. The average Bonchev–Trinajstić information content (AvgIpc) is 2.16. The summed E-state index contributed by atoms with van der Waals surface area (Å²) in [7, 11) is 0.500. The minimum atomic E-state index is 0.500. The van der Waals surface area contributed by atoms with Crippen molar-refractivity contribution >= 4 is 6.29 Å². The highest BCUT2D eigenvalue weighted by Crippen LogP contribution is 2.09. The Balaban J connectivity index is 0.000000791. The number of carbonyl (C=O) groups is 1. The average molecular weight is 196 g/mol. The predicted molar refractivity (Wildman–Crippen MR) is 57.3 cm³/mol. The molecular weight excluding hydrogens is 179 g/mol. The second-order valence-electron chi connectivity index (χ2n) is 3.20. The number of halogens is 1. The number of aldehydes is 1. The van der Waals surface area contributed by atoms with E-state index in [9.17, 15) is 9.18 Å². The third-order valence-electron chi connectivity index (χ3n) is 1.83. The van der Waals surface area contributed by atoms with E-state index < -0.39 is 0 Å². The molecule has 0 aliphatic heterocycles. The second-order valence-corrected chi connectivity index (χ2v) is 3.20. The van der Waals surface area contributed by atoms with Crippen molar-refractivity contribution in [2.75, 3.05) is 7.18 Å². The van der Waals surface area contributed by atoms with Gasteiger partial charge < -0.3 is 4.79 Å². The maximum Gasteiger partial charge on any atom is 0.120 e. The van der Waals surface area contributed by atoms with Gasteiger partial charge in [0, 0.05) is 6.42 Å². The Kier molecular flexibility index (Phi) is 6.63. The molecule has 0 aromatic heterocycles. The standard InChI is InChI=1S/C11H14O.CH3F/c1-9-6-10(2)8-11(7-9)4-3-5-12;1-2/h5-8H,3-4H2,1-2H3;1H3. The fourth-order valence-electron chi connectivity index (χ4n) is 1.44. The highest BCUT2D eigenvalue weighted by molar-refractivity contribution is 5.50. The number of hydrogen-bond acceptors (Lipinski definition) is 1. The van der Waals surface area contributed by atoms with Crippen LogP contribution >= 0.6 is 0 Å². The highest BCUT2D eigenvalue weighted by atomic mass is 19.1. The van der Waals surface area contributed by atoms with Crippen LogP contribution in [0, 0.1) is 13.8 Å². The van der Waals surface area contributed by atoms with E-state index in [-0.39, 0.29) is 0 Å². The monoisotopic (exact) mass is 196 g/mol. The van der Waals surface area contributed by atoms with Gasteiger partial charge in [-0.05, 0) is 25.8 Å². The molecule has 0 saturated carbocycles. The van der Waals surface area contributed by atoms with Crippen LogP contribution < -0.4 is 0 Å². The SMILES string of the molecule is CF.Cc1cc(C)cc(CCC=O)c1. The normalized spacial score (nSPS) is 8.86. The van der Waals surface area contributed by atoms with Gasteiger partial charge in [0.05, 0.1) is 7.18 Å². The van der Waals surface area contributed by atoms with Gasteiger partial charge in [0.25, 0.3) is 0 Å². The second kappa shape index (κ2) is 7.25. The number of aryl methyl sites for hydroxylation is 3. The van der Waals surface area contributed by atoms with Gasteiger partial charge in [0.1, 0.15) is 6.29 Å². The lowest BCUT2D eigenvalue weighted by Gasteiger charge is -2.01. The number of rotatable bonds is 3. The molecule has 1 nitrogen and oxygen atoms in total. The van der Waals surface area contributed by atoms with E-state index in [1.165, 1.54) is 16.7 Å². The molecule has 0 heterocycles. The molecule has 0 radical (unpaired) electrons. The predicted octanol–water partition coefficient (Wildman–Crippen LogP) is 3.02. The van der Waals surface area contributed by atoms with Gasteiger partial charge >= 0.3 is 0 Å². The van der Waals surface area contributed by atoms with E-state index in [1.807, 2.05) is 0 Å². The molecule has 1 aromatic rings. The van der Waals surface area contributed by atoms with Gasteiger partial charge in [-0.1, -0.05) is 29.3 Å². The lowest BCUT2D eigenvalue weighted by Crippen LogP contribution is -1.88. The van der Waals surface area contributed by atoms with Crippen molar-refractivity contribution in [1.82, 2.24) is 0 Å². The maximum atomic E-state index is 10.1. The van der Waals surface area contributed by atoms with Gasteiger partial charge in [0.2, 0.25) is 0 Å². The van der Waals surface area contributed by atoms with Crippen molar-refractivity contribution in [3.63, 3.8) is 0 Å². The summed E-state index contributed by atoms with van der Waals surface area (Å²) in [6, 6.07) is 6.41. The van der Waals surface area contributed by atoms with Crippen LogP contribution in [0.15, 0.2) is 18.2 Å². The minimum Gasteiger partial charge on any atom is -0.303 e. The third-order valence-corrected chi connectivity index (χ3v) is 1.83. The Morgan fingerprint density at radius 1 is 1.14 bits per heavy atom. The summed E-state index contributed by atoms with van der Waals surface area (Å²) in [5.41, 5.74) is 3.81. The van der Waals surface area contributed by atoms with Crippen LogP contribution in [0.4, 0.5) is 4.39 Å². The Hall–Kier alpha value is -1.18. The summed E-state index contributed by atoms with van der Waals surface area (Å²) >= 11 is 0. The molecule has 0 amide bonds. The largest absolute Gasteiger partial charge is 0.303 e. The minimum absolute atomic E-state index is 0.500. The van der Waals surface area contributed by atoms with E-state index in [0.717, 1.165) is 12.7 Å². The van der Waals surface area contributed by atoms with Gasteiger partial charge in [-0.3, -0.25) is 4.39 Å². The lowest BCUT2D eigenvalue weighted by atomic mass is 10.0. The fourth-order valence-corrected chi connectivity index (χ4v) is 1.44. The zero-order valence-electron chi connectivity index (χ0n) is 9.01. The first-order valence-electron chi connectivity index (χ1n) is 4.61. The van der Waals surface area contributed by atoms with Gasteiger partial charge in [-0.2, -0.15) is 0 Å². The quantitative estimate of drug-likeness (QED) is 0.679. The summed E-state index contributed by atoms with van der Waals surface area (Å²) in [4.78, 5) is 10.1. The van der Waals surface area contributed by atoms with Crippen molar-refractivity contribution in [2.45, 2.75) is 26.7 Å². The van der Waals surface area contributed by atoms with Crippen LogP contribution in [-0.4, -0.2) is 13.5 Å². The number of alkyl halides is 1. The first-order chi connectivity index (χ1) is 6.72. The molecule has 0 atom stereocenters. The van der Waals surface area contributed by atoms with Crippen molar-refractivity contribution in [3.8, 4) is 0 Å². The lowest BCUT2D eigenvalue weighted by molar-refractivity contribution is -0.107. The van der Waals surface area contributed by atoms with Crippen LogP contribution in [0.3, 0.4) is 0 Å². The van der Waals surface area contributed by atoms with Gasteiger partial charge in [-0.25, -0.2) is 0 Å².